The van der Waals surface area contributed by atoms with Crippen LogP contribution >= 0.6 is 0 Å². The average molecular weight is 181 g/mol. The van der Waals surface area contributed by atoms with Gasteiger partial charge in [0.25, 0.3) is 0 Å². The summed E-state index contributed by atoms with van der Waals surface area (Å²) in [6.07, 6.45) is 4.08. The number of aldehydes is 1. The first-order valence-electron chi connectivity index (χ1n) is 4.20. The second-order valence-electron chi connectivity index (χ2n) is 2.79. The van der Waals surface area contributed by atoms with Crippen LogP contribution in [-0.2, 0) is 4.79 Å². The second kappa shape index (κ2) is 3.71. The van der Waals surface area contributed by atoms with Gasteiger partial charge in [-0.2, -0.15) is 0 Å². The molecule has 0 N–H and O–H groups in total. The molecule has 1 aromatic heterocycles. The van der Waals surface area contributed by atoms with Crippen molar-refractivity contribution in [3.63, 3.8) is 0 Å². The molecule has 0 unspecified atom stereocenters. The Hall–Kier alpha value is -2.14. The lowest BCUT2D eigenvalue weighted by Gasteiger charge is -1.97. The van der Waals surface area contributed by atoms with Crippen molar-refractivity contribution >= 4 is 17.1 Å². The van der Waals surface area contributed by atoms with E-state index in [0.29, 0.717) is 6.29 Å². The van der Waals surface area contributed by atoms with Crippen molar-refractivity contribution in [2.75, 3.05) is 0 Å². The maximum atomic E-state index is 10.1. The first kappa shape index (κ1) is 8.46. The topological polar surface area (TPSA) is 30.0 Å². The molecule has 0 aliphatic heterocycles. The van der Waals surface area contributed by atoms with Gasteiger partial charge in [0.1, 0.15) is 0 Å². The van der Waals surface area contributed by atoms with Gasteiger partial charge >= 0.3 is 0 Å². The van der Waals surface area contributed by atoms with Crippen LogP contribution in [0, 0.1) is 11.8 Å². The van der Waals surface area contributed by atoms with E-state index in [-0.39, 0.29) is 0 Å². The zero-order chi connectivity index (χ0) is 9.80. The smallest absolute Gasteiger partial charge is 0.193 e. The lowest BCUT2D eigenvalue weighted by Crippen LogP contribution is -1.80. The summed E-state index contributed by atoms with van der Waals surface area (Å²) in [5, 5.41) is 2.06. The number of pyridine rings is 1. The largest absolute Gasteiger partial charge is 0.289 e. The standard InChI is InChI=1S/C12H7NO/c14-8-2-5-10-3-1-4-11-6-7-13-9-12(10)11/h1,3-4,6-9H. The quantitative estimate of drug-likeness (QED) is 0.458. The summed E-state index contributed by atoms with van der Waals surface area (Å²) in [5.41, 5.74) is 0.836. The fraction of sp³-hybridized carbons (Fsp3) is 0. The minimum Gasteiger partial charge on any atom is -0.289 e. The SMILES string of the molecule is O=CC#Cc1cccc2ccncc12. The molecule has 1 heterocycles. The molecule has 0 spiro atoms. The van der Waals surface area contributed by atoms with E-state index in [1.807, 2.05) is 24.3 Å². The van der Waals surface area contributed by atoms with Crippen molar-refractivity contribution in [3.05, 3.63) is 42.2 Å². The van der Waals surface area contributed by atoms with Gasteiger partial charge in [0, 0.05) is 23.3 Å². The number of hydrogen-bond donors (Lipinski definition) is 0. The van der Waals surface area contributed by atoms with E-state index in [0.717, 1.165) is 16.3 Å². The highest BCUT2D eigenvalue weighted by Crippen LogP contribution is 2.15. The van der Waals surface area contributed by atoms with Crippen molar-refractivity contribution in [1.29, 1.82) is 0 Å². The van der Waals surface area contributed by atoms with Gasteiger partial charge in [-0.1, -0.05) is 18.1 Å². The maximum Gasteiger partial charge on any atom is 0.193 e. The predicted molar refractivity (Wildman–Crippen MR) is 54.7 cm³/mol. The number of fused-ring (bicyclic) bond motifs is 1. The second-order valence-corrected chi connectivity index (χ2v) is 2.79. The van der Waals surface area contributed by atoms with Crippen LogP contribution in [0.4, 0.5) is 0 Å². The summed E-state index contributed by atoms with van der Waals surface area (Å²) < 4.78 is 0. The molecule has 1 aromatic carbocycles. The van der Waals surface area contributed by atoms with Crippen LogP contribution in [0.1, 0.15) is 5.56 Å². The predicted octanol–water partition coefficient (Wildman–Crippen LogP) is 1.79. The summed E-state index contributed by atoms with van der Waals surface area (Å²) in [4.78, 5) is 14.2. The average Bonchev–Trinajstić information content (AvgIpc) is 2.26. The highest BCUT2D eigenvalue weighted by Gasteiger charge is 1.96. The van der Waals surface area contributed by atoms with Gasteiger partial charge in [0.15, 0.2) is 6.29 Å². The van der Waals surface area contributed by atoms with Crippen LogP contribution in [0.15, 0.2) is 36.7 Å². The van der Waals surface area contributed by atoms with E-state index in [9.17, 15) is 4.79 Å². The molecule has 0 saturated heterocycles. The van der Waals surface area contributed by atoms with Crippen molar-refractivity contribution in [1.82, 2.24) is 4.98 Å². The normalized spacial score (nSPS) is 9.14. The van der Waals surface area contributed by atoms with Crippen LogP contribution in [0.2, 0.25) is 0 Å². The molecule has 0 saturated carbocycles. The van der Waals surface area contributed by atoms with Gasteiger partial charge < -0.3 is 0 Å². The Labute approximate surface area is 81.6 Å². The Morgan fingerprint density at radius 1 is 1.29 bits per heavy atom. The number of aromatic nitrogens is 1. The van der Waals surface area contributed by atoms with Crippen LogP contribution in [-0.4, -0.2) is 11.3 Å². The Morgan fingerprint density at radius 2 is 2.21 bits per heavy atom. The van der Waals surface area contributed by atoms with E-state index in [2.05, 4.69) is 16.8 Å². The van der Waals surface area contributed by atoms with Crippen molar-refractivity contribution in [3.8, 4) is 11.8 Å². The molecule has 2 nitrogen and oxygen atoms in total. The molecule has 0 aliphatic carbocycles. The Balaban J connectivity index is 2.70. The van der Waals surface area contributed by atoms with Gasteiger partial charge in [0.2, 0.25) is 0 Å². The third kappa shape index (κ3) is 1.48. The fourth-order valence-corrected chi connectivity index (χ4v) is 1.33. The van der Waals surface area contributed by atoms with Crippen LogP contribution < -0.4 is 0 Å². The molecule has 0 fully saturated rings. The summed E-state index contributed by atoms with van der Waals surface area (Å²) >= 11 is 0. The first-order valence-corrected chi connectivity index (χ1v) is 4.20. The maximum absolute atomic E-state index is 10.1. The summed E-state index contributed by atoms with van der Waals surface area (Å²) in [7, 11) is 0. The molecule has 2 heteroatoms. The lowest BCUT2D eigenvalue weighted by molar-refractivity contribution is -0.103. The van der Waals surface area contributed by atoms with Crippen molar-refractivity contribution in [2.45, 2.75) is 0 Å². The summed E-state index contributed by atoms with van der Waals surface area (Å²) in [5.74, 6) is 5.18. The molecule has 2 aromatic rings. The van der Waals surface area contributed by atoms with Crippen LogP contribution in [0.5, 0.6) is 0 Å². The number of nitrogens with zero attached hydrogens (tertiary/aromatic N) is 1. The number of hydrogen-bond acceptors (Lipinski definition) is 2. The van der Waals surface area contributed by atoms with E-state index in [1.54, 1.807) is 12.4 Å². The van der Waals surface area contributed by atoms with Crippen molar-refractivity contribution < 1.29 is 4.79 Å². The molecule has 0 atom stereocenters. The third-order valence-corrected chi connectivity index (χ3v) is 1.95. The molecule has 14 heavy (non-hydrogen) atoms. The number of carbonyl (C=O) groups is 1. The Morgan fingerprint density at radius 3 is 3.07 bits per heavy atom. The lowest BCUT2D eigenvalue weighted by atomic mass is 10.1. The Bertz CT molecular complexity index is 529. The zero-order valence-corrected chi connectivity index (χ0v) is 7.40. The van der Waals surface area contributed by atoms with E-state index < -0.39 is 0 Å². The monoisotopic (exact) mass is 181 g/mol. The number of carbonyl (C=O) groups excluding carboxylic acids is 1. The molecular weight excluding hydrogens is 174 g/mol. The fourth-order valence-electron chi connectivity index (χ4n) is 1.33. The van der Waals surface area contributed by atoms with E-state index >= 15 is 0 Å². The van der Waals surface area contributed by atoms with Crippen LogP contribution in [0.25, 0.3) is 10.8 Å². The van der Waals surface area contributed by atoms with Gasteiger partial charge in [-0.25, -0.2) is 0 Å². The molecule has 0 bridgehead atoms. The van der Waals surface area contributed by atoms with Gasteiger partial charge in [0.05, 0.1) is 0 Å². The summed E-state index contributed by atoms with van der Waals surface area (Å²) in [6, 6.07) is 7.70. The molecule has 0 amide bonds. The first-order chi connectivity index (χ1) is 6.92. The summed E-state index contributed by atoms with van der Waals surface area (Å²) in [6.45, 7) is 0. The highest BCUT2D eigenvalue weighted by atomic mass is 16.1. The molecule has 0 aliphatic rings. The highest BCUT2D eigenvalue weighted by molar-refractivity contribution is 5.88. The van der Waals surface area contributed by atoms with Gasteiger partial charge in [-0.3, -0.25) is 9.78 Å². The number of benzene rings is 1. The van der Waals surface area contributed by atoms with E-state index in [4.69, 9.17) is 0 Å². The third-order valence-electron chi connectivity index (χ3n) is 1.95. The minimum absolute atomic E-state index is 0.592. The minimum atomic E-state index is 0.592. The zero-order valence-electron chi connectivity index (χ0n) is 7.40. The number of rotatable bonds is 0. The Kier molecular flexibility index (Phi) is 2.24. The van der Waals surface area contributed by atoms with Gasteiger partial charge in [-0.05, 0) is 23.4 Å². The molecule has 0 radical (unpaired) electrons. The molecule has 2 rings (SSSR count). The van der Waals surface area contributed by atoms with E-state index in [1.165, 1.54) is 0 Å². The van der Waals surface area contributed by atoms with Gasteiger partial charge in [-0.15, -0.1) is 0 Å². The molecular formula is C12H7NO. The van der Waals surface area contributed by atoms with Crippen molar-refractivity contribution in [2.24, 2.45) is 0 Å². The molecule has 66 valence electrons. The van der Waals surface area contributed by atoms with Crippen LogP contribution in [0.3, 0.4) is 0 Å².